The molecule has 4 aliphatic heterocycles. The van der Waals surface area contributed by atoms with Crippen molar-refractivity contribution in [1.82, 2.24) is 4.90 Å². The van der Waals surface area contributed by atoms with Gasteiger partial charge < -0.3 is 53.6 Å². The molecule has 14 nitrogen and oxygen atoms in total. The largest absolute Gasteiger partial charge is 0.459 e. The number of carbonyl (C=O) groups is 2. The number of likely N-dealkylation sites (N-methyl/N-ethyl adjacent to an activating group) is 1. The van der Waals surface area contributed by atoms with Crippen LogP contribution in [-0.2, 0) is 49.3 Å². The summed E-state index contributed by atoms with van der Waals surface area (Å²) in [6, 6.07) is 7.31. The van der Waals surface area contributed by atoms with Crippen molar-refractivity contribution < 1.29 is 63.2 Å². The average Bonchev–Trinajstić information content (AvgIpc) is 3.61. The quantitative estimate of drug-likeness (QED) is 0.210. The zero-order valence-electron chi connectivity index (χ0n) is 36.7. The highest BCUT2D eigenvalue weighted by atomic mass is 16.7. The number of hydrogen-bond donors (Lipinski definition) is 4. The van der Waals surface area contributed by atoms with Crippen LogP contribution in [0, 0.1) is 36.0 Å². The number of hydrogen-bond acceptors (Lipinski definition) is 14. The van der Waals surface area contributed by atoms with Gasteiger partial charge in [0.25, 0.3) is 0 Å². The molecule has 1 aromatic carbocycles. The fourth-order valence-corrected chi connectivity index (χ4v) is 9.80. The topological polar surface area (TPSA) is 183 Å². The smallest absolute Gasteiger partial charge is 0.311 e. The van der Waals surface area contributed by atoms with E-state index in [-0.39, 0.29) is 43.8 Å². The summed E-state index contributed by atoms with van der Waals surface area (Å²) in [5.74, 6) is -1.84. The van der Waals surface area contributed by atoms with Crippen LogP contribution in [0.4, 0.5) is 0 Å². The molecule has 4 heterocycles. The number of methoxy groups -OCH3 is 1. The van der Waals surface area contributed by atoms with E-state index < -0.39 is 102 Å². The Labute approximate surface area is 350 Å². The van der Waals surface area contributed by atoms with Gasteiger partial charge in [0.1, 0.15) is 29.7 Å². The number of terminal acetylenes is 1. The van der Waals surface area contributed by atoms with Crippen LogP contribution in [0.1, 0.15) is 99.1 Å². The second kappa shape index (κ2) is 18.8. The molecule has 1 aromatic rings. The molecule has 59 heavy (non-hydrogen) atoms. The van der Waals surface area contributed by atoms with E-state index in [0.29, 0.717) is 13.0 Å². The lowest BCUT2D eigenvalue weighted by atomic mass is 9.75. The molecule has 0 amide bonds. The van der Waals surface area contributed by atoms with Crippen LogP contribution in [0.15, 0.2) is 24.3 Å². The number of nitrogens with zero attached hydrogens (tertiary/aromatic N) is 1. The molecule has 14 heteroatoms. The third kappa shape index (κ3) is 9.92. The Morgan fingerprint density at radius 3 is 2.22 bits per heavy atom. The molecule has 2 bridgehead atoms. The second-order valence-corrected chi connectivity index (χ2v) is 18.3. The van der Waals surface area contributed by atoms with Gasteiger partial charge >= 0.3 is 5.97 Å². The molecule has 4 N–H and O–H groups in total. The molecule has 0 unspecified atom stereocenters. The lowest BCUT2D eigenvalue weighted by Crippen LogP contribution is -2.61. The first-order chi connectivity index (χ1) is 27.6. The van der Waals surface area contributed by atoms with E-state index in [4.69, 9.17) is 39.6 Å². The number of cyclic esters (lactones) is 1. The van der Waals surface area contributed by atoms with E-state index >= 15 is 0 Å². The lowest BCUT2D eigenvalue weighted by molar-refractivity contribution is -0.317. The predicted octanol–water partition coefficient (Wildman–Crippen LogP) is 3.36. The normalized spacial score (nSPS) is 45.1. The van der Waals surface area contributed by atoms with Crippen molar-refractivity contribution in [2.24, 2.45) is 23.7 Å². The van der Waals surface area contributed by atoms with Gasteiger partial charge in [0, 0.05) is 49.4 Å². The number of aliphatic hydroxyl groups is 4. The SMILES string of the molecule is C#Cc1ccc(CN(C)[C@H]2C[C@@H](C)O[C@@H](O[C@@H]3[C@@H](C)[C@H](O[C@H]4C[C@@](C)(OC)[C@@H](O)[C@H](C)O4)[C@@H](C)C(=O)O[C@H](CC)[C@@](C)(O)[C@H](O)[C@@H](C)C(=O)[C@@H]4CO[C@]3(C)C4)[C@H]2O)cc1. The molecule has 0 spiro atoms. The van der Waals surface area contributed by atoms with Gasteiger partial charge in [-0.2, -0.15) is 0 Å². The van der Waals surface area contributed by atoms with Crippen LogP contribution in [-0.4, -0.2) is 142 Å². The summed E-state index contributed by atoms with van der Waals surface area (Å²) >= 11 is 0. The predicted molar refractivity (Wildman–Crippen MR) is 216 cm³/mol. The fourth-order valence-electron chi connectivity index (χ4n) is 9.80. The average molecular weight is 832 g/mol. The maximum Gasteiger partial charge on any atom is 0.311 e. The maximum absolute atomic E-state index is 14.3. The fraction of sp³-hybridized carbons (Fsp3) is 0.778. The summed E-state index contributed by atoms with van der Waals surface area (Å²) in [5.41, 5.74) is -2.43. The van der Waals surface area contributed by atoms with Crippen molar-refractivity contribution in [3.8, 4) is 12.3 Å². The Hall–Kier alpha value is -2.52. The van der Waals surface area contributed by atoms with Crippen LogP contribution >= 0.6 is 0 Å². The number of benzene rings is 1. The Morgan fingerprint density at radius 1 is 0.949 bits per heavy atom. The van der Waals surface area contributed by atoms with E-state index in [0.717, 1.165) is 11.1 Å². The van der Waals surface area contributed by atoms with E-state index in [1.807, 2.05) is 52.1 Å². The Kier molecular flexibility index (Phi) is 15.2. The number of esters is 1. The lowest BCUT2D eigenvalue weighted by Gasteiger charge is -2.49. The van der Waals surface area contributed by atoms with Gasteiger partial charge in [-0.15, -0.1) is 6.42 Å². The minimum Gasteiger partial charge on any atom is -0.459 e. The van der Waals surface area contributed by atoms with Crippen molar-refractivity contribution in [1.29, 1.82) is 0 Å². The first kappa shape index (κ1) is 47.5. The molecule has 18 atom stereocenters. The number of ether oxygens (including phenoxy) is 7. The molecular weight excluding hydrogens is 762 g/mol. The molecule has 0 saturated carbocycles. The highest BCUT2D eigenvalue weighted by Gasteiger charge is 2.56. The maximum atomic E-state index is 14.3. The van der Waals surface area contributed by atoms with Gasteiger partial charge in [-0.25, -0.2) is 0 Å². The number of Topliss-reactive ketones (excluding diaryl/α,β-unsaturated/α-hetero) is 1. The third-order valence-corrected chi connectivity index (χ3v) is 13.7. The van der Waals surface area contributed by atoms with Crippen LogP contribution in [0.3, 0.4) is 0 Å². The van der Waals surface area contributed by atoms with Crippen molar-refractivity contribution in [2.75, 3.05) is 20.8 Å². The monoisotopic (exact) mass is 831 g/mol. The van der Waals surface area contributed by atoms with E-state index in [1.54, 1.807) is 34.6 Å². The number of carbonyl (C=O) groups excluding carboxylic acids is 2. The summed E-state index contributed by atoms with van der Waals surface area (Å²) in [5, 5.41) is 46.3. The molecule has 4 aliphatic rings. The summed E-state index contributed by atoms with van der Waals surface area (Å²) in [6.07, 6.45) is -3.41. The summed E-state index contributed by atoms with van der Waals surface area (Å²) < 4.78 is 44.6. The highest BCUT2D eigenvalue weighted by molar-refractivity contribution is 5.84. The Bertz CT molecular complexity index is 1630. The zero-order valence-corrected chi connectivity index (χ0v) is 36.7. The number of rotatable bonds is 9. The van der Waals surface area contributed by atoms with Gasteiger partial charge in [0.2, 0.25) is 0 Å². The molecule has 4 fully saturated rings. The first-order valence-corrected chi connectivity index (χ1v) is 21.2. The molecule has 0 aromatic heterocycles. The van der Waals surface area contributed by atoms with Crippen molar-refractivity contribution in [3.05, 3.63) is 35.4 Å². The number of aliphatic hydroxyl groups excluding tert-OH is 3. The number of ketones is 1. The van der Waals surface area contributed by atoms with Gasteiger partial charge in [0.05, 0.1) is 54.2 Å². The molecule has 0 aliphatic carbocycles. The Balaban J connectivity index is 1.55. The van der Waals surface area contributed by atoms with Gasteiger partial charge in [-0.05, 0) is 85.5 Å². The zero-order chi connectivity index (χ0) is 43.8. The first-order valence-electron chi connectivity index (χ1n) is 21.2. The van der Waals surface area contributed by atoms with Crippen molar-refractivity contribution >= 4 is 11.8 Å². The van der Waals surface area contributed by atoms with Gasteiger partial charge in [-0.1, -0.05) is 38.8 Å². The van der Waals surface area contributed by atoms with Crippen molar-refractivity contribution in [2.45, 2.75) is 179 Å². The summed E-state index contributed by atoms with van der Waals surface area (Å²) in [7, 11) is 3.44. The van der Waals surface area contributed by atoms with Crippen LogP contribution in [0.2, 0.25) is 0 Å². The molecule has 4 saturated heterocycles. The molecule has 0 radical (unpaired) electrons. The molecule has 332 valence electrons. The summed E-state index contributed by atoms with van der Waals surface area (Å²) in [4.78, 5) is 30.5. The van der Waals surface area contributed by atoms with E-state index in [2.05, 4.69) is 10.8 Å². The highest BCUT2D eigenvalue weighted by Crippen LogP contribution is 2.44. The molecular formula is C45H69NO13. The van der Waals surface area contributed by atoms with Crippen LogP contribution in [0.25, 0.3) is 0 Å². The van der Waals surface area contributed by atoms with Gasteiger partial charge in [-0.3, -0.25) is 14.5 Å². The van der Waals surface area contributed by atoms with Crippen molar-refractivity contribution in [3.63, 3.8) is 0 Å². The second-order valence-electron chi connectivity index (χ2n) is 18.3. The standard InChI is InChI=1S/C45H69NO13/c1-13-29-15-17-30(18-16-29)22-46(11)32-19-24(3)55-42(36(32)48)59-40-26(5)37(58-34-21-43(8,53-12)39(50)28(7)56-34)27(6)41(51)57-33(14-2)45(10,52)38(49)25(4)35(47)31-20-44(40,9)54-23-31/h1,15-18,24-28,31-34,36-40,42,48-50,52H,14,19-23H2,2-12H3/t24-,25+,26+,27-,28+,31+,32+,33-,34+,36+,37+,38-,39+,40-,42+,43-,44-,45-/m1/s1. The minimum atomic E-state index is -1.97. The number of fused-ring (bicyclic) bond motifs is 2. The van der Waals surface area contributed by atoms with Crippen LogP contribution in [0.5, 0.6) is 0 Å². The van der Waals surface area contributed by atoms with Gasteiger partial charge in [0.15, 0.2) is 12.6 Å². The molecule has 5 rings (SSSR count). The van der Waals surface area contributed by atoms with E-state index in [1.165, 1.54) is 14.0 Å². The minimum absolute atomic E-state index is 0.0104. The van der Waals surface area contributed by atoms with Crippen LogP contribution < -0.4 is 0 Å². The Morgan fingerprint density at radius 2 is 1.61 bits per heavy atom. The summed E-state index contributed by atoms with van der Waals surface area (Å²) in [6.45, 7) is 15.9. The third-order valence-electron chi connectivity index (χ3n) is 13.7. The van der Waals surface area contributed by atoms with E-state index in [9.17, 15) is 30.0 Å².